The summed E-state index contributed by atoms with van der Waals surface area (Å²) < 4.78 is 36.9. The molecular weight excluding hydrogens is 410 g/mol. The van der Waals surface area contributed by atoms with Gasteiger partial charge in [-0.1, -0.05) is 0 Å². The van der Waals surface area contributed by atoms with Crippen LogP contribution in [0.25, 0.3) is 0 Å². The molecule has 7 nitrogen and oxygen atoms in total. The number of carbonyl (C=O) groups is 3. The molecule has 1 heterocycles. The average molecular weight is 430 g/mol. The average Bonchev–Trinajstić information content (AvgIpc) is 3.03. The zero-order valence-electron chi connectivity index (χ0n) is 16.9. The standard InChI is InChI=1S/C22H20F2N2O5/c1-3-30-21(28)17-18(25-15-9-5-13(23)6-10-15)20(27)26(19(17)22(29)31-4-2)16-11-7-14(24)8-12-16/h5-12,19,25H,3-4H2,1-2H3. The Morgan fingerprint density at radius 1 is 0.935 bits per heavy atom. The number of rotatable bonds is 7. The molecule has 1 unspecified atom stereocenters. The molecule has 1 aliphatic rings. The number of anilines is 2. The number of benzene rings is 2. The van der Waals surface area contributed by atoms with Gasteiger partial charge in [-0.2, -0.15) is 0 Å². The Balaban J connectivity index is 2.13. The van der Waals surface area contributed by atoms with Gasteiger partial charge in [0.15, 0.2) is 6.04 Å². The van der Waals surface area contributed by atoms with E-state index >= 15 is 0 Å². The zero-order chi connectivity index (χ0) is 22.5. The number of esters is 2. The van der Waals surface area contributed by atoms with Crippen molar-refractivity contribution >= 4 is 29.2 Å². The van der Waals surface area contributed by atoms with E-state index in [4.69, 9.17) is 9.47 Å². The van der Waals surface area contributed by atoms with Crippen LogP contribution in [0.5, 0.6) is 0 Å². The normalized spacial score (nSPS) is 15.8. The number of hydrogen-bond donors (Lipinski definition) is 1. The molecule has 1 aliphatic heterocycles. The molecule has 1 atom stereocenters. The fourth-order valence-electron chi connectivity index (χ4n) is 3.15. The molecule has 0 aromatic heterocycles. The van der Waals surface area contributed by atoms with E-state index in [0.29, 0.717) is 5.69 Å². The maximum absolute atomic E-state index is 13.4. The minimum absolute atomic E-state index is 0.00639. The molecule has 0 bridgehead atoms. The van der Waals surface area contributed by atoms with Gasteiger partial charge in [0.25, 0.3) is 5.91 Å². The molecule has 3 rings (SSSR count). The number of nitrogens with one attached hydrogen (secondary N) is 1. The first-order valence-corrected chi connectivity index (χ1v) is 9.57. The summed E-state index contributed by atoms with van der Waals surface area (Å²) in [6.45, 7) is 3.19. The summed E-state index contributed by atoms with van der Waals surface area (Å²) in [6, 6.07) is 8.52. The van der Waals surface area contributed by atoms with Gasteiger partial charge in [-0.15, -0.1) is 0 Å². The Morgan fingerprint density at radius 3 is 2.03 bits per heavy atom. The van der Waals surface area contributed by atoms with E-state index in [1.807, 2.05) is 0 Å². The van der Waals surface area contributed by atoms with Gasteiger partial charge in [0.05, 0.1) is 13.2 Å². The molecule has 31 heavy (non-hydrogen) atoms. The smallest absolute Gasteiger partial charge is 0.339 e. The van der Waals surface area contributed by atoms with Crippen molar-refractivity contribution in [3.63, 3.8) is 0 Å². The Kier molecular flexibility index (Phi) is 6.64. The van der Waals surface area contributed by atoms with Crippen LogP contribution in [0.3, 0.4) is 0 Å². The number of halogens is 2. The summed E-state index contributed by atoms with van der Waals surface area (Å²) in [5, 5.41) is 2.78. The molecular formula is C22H20F2N2O5. The summed E-state index contributed by atoms with van der Waals surface area (Å²) in [6.07, 6.45) is 0. The summed E-state index contributed by atoms with van der Waals surface area (Å²) in [4.78, 5) is 39.9. The van der Waals surface area contributed by atoms with Crippen LogP contribution < -0.4 is 10.2 Å². The first-order chi connectivity index (χ1) is 14.9. The predicted octanol–water partition coefficient (Wildman–Crippen LogP) is 3.17. The summed E-state index contributed by atoms with van der Waals surface area (Å²) in [7, 11) is 0. The van der Waals surface area contributed by atoms with Crippen molar-refractivity contribution in [2.24, 2.45) is 0 Å². The van der Waals surface area contributed by atoms with Gasteiger partial charge in [-0.05, 0) is 62.4 Å². The van der Waals surface area contributed by atoms with Crippen molar-refractivity contribution in [2.75, 3.05) is 23.4 Å². The molecule has 0 radical (unpaired) electrons. The van der Waals surface area contributed by atoms with Crippen molar-refractivity contribution in [3.8, 4) is 0 Å². The molecule has 2 aromatic carbocycles. The minimum Gasteiger partial charge on any atom is -0.464 e. The highest BCUT2D eigenvalue weighted by Crippen LogP contribution is 2.34. The number of ether oxygens (including phenoxy) is 2. The fraction of sp³-hybridized carbons (Fsp3) is 0.227. The van der Waals surface area contributed by atoms with Crippen LogP contribution in [-0.2, 0) is 23.9 Å². The van der Waals surface area contributed by atoms with Crippen LogP contribution in [-0.4, -0.2) is 37.1 Å². The van der Waals surface area contributed by atoms with Crippen molar-refractivity contribution in [3.05, 3.63) is 71.4 Å². The molecule has 162 valence electrons. The van der Waals surface area contributed by atoms with Gasteiger partial charge in [-0.3, -0.25) is 9.69 Å². The number of nitrogens with zero attached hydrogens (tertiary/aromatic N) is 1. The monoisotopic (exact) mass is 430 g/mol. The van der Waals surface area contributed by atoms with Crippen molar-refractivity contribution < 1.29 is 32.6 Å². The topological polar surface area (TPSA) is 84.9 Å². The van der Waals surface area contributed by atoms with Crippen LogP contribution in [0.4, 0.5) is 20.2 Å². The first kappa shape index (κ1) is 21.9. The second-order valence-electron chi connectivity index (χ2n) is 6.45. The van der Waals surface area contributed by atoms with Crippen molar-refractivity contribution in [1.29, 1.82) is 0 Å². The summed E-state index contributed by atoms with van der Waals surface area (Å²) in [5.41, 5.74) is 0.0312. The van der Waals surface area contributed by atoms with Gasteiger partial charge in [0.1, 0.15) is 22.9 Å². The molecule has 0 spiro atoms. The number of amides is 1. The van der Waals surface area contributed by atoms with Crippen molar-refractivity contribution in [2.45, 2.75) is 19.9 Å². The maximum atomic E-state index is 13.4. The molecule has 1 amide bonds. The van der Waals surface area contributed by atoms with Crippen LogP contribution in [0.2, 0.25) is 0 Å². The highest BCUT2D eigenvalue weighted by molar-refractivity contribution is 6.22. The molecule has 0 fully saturated rings. The van der Waals surface area contributed by atoms with E-state index in [0.717, 1.165) is 17.0 Å². The third-order valence-corrected chi connectivity index (χ3v) is 4.46. The van der Waals surface area contributed by atoms with E-state index in [9.17, 15) is 23.2 Å². The van der Waals surface area contributed by atoms with E-state index < -0.39 is 35.5 Å². The van der Waals surface area contributed by atoms with E-state index in [2.05, 4.69) is 5.32 Å². The Bertz CT molecular complexity index is 1020. The third-order valence-electron chi connectivity index (χ3n) is 4.46. The van der Waals surface area contributed by atoms with Crippen LogP contribution in [0.15, 0.2) is 59.8 Å². The maximum Gasteiger partial charge on any atom is 0.339 e. The van der Waals surface area contributed by atoms with E-state index in [-0.39, 0.29) is 30.2 Å². The lowest BCUT2D eigenvalue weighted by Gasteiger charge is -2.24. The van der Waals surface area contributed by atoms with Crippen molar-refractivity contribution in [1.82, 2.24) is 0 Å². The minimum atomic E-state index is -1.44. The predicted molar refractivity (Wildman–Crippen MR) is 108 cm³/mol. The first-order valence-electron chi connectivity index (χ1n) is 9.57. The molecule has 0 saturated carbocycles. The molecule has 2 aromatic rings. The lowest BCUT2D eigenvalue weighted by atomic mass is 10.1. The van der Waals surface area contributed by atoms with E-state index in [1.165, 1.54) is 36.4 Å². The second-order valence-corrected chi connectivity index (χ2v) is 6.45. The Labute approximate surface area is 177 Å². The van der Waals surface area contributed by atoms with Crippen LogP contribution in [0.1, 0.15) is 13.8 Å². The molecule has 1 N–H and O–H groups in total. The molecule has 0 saturated heterocycles. The largest absolute Gasteiger partial charge is 0.464 e. The quantitative estimate of drug-likeness (QED) is 0.680. The summed E-state index contributed by atoms with van der Waals surface area (Å²) >= 11 is 0. The Hall–Kier alpha value is -3.75. The lowest BCUT2D eigenvalue weighted by molar-refractivity contribution is -0.147. The van der Waals surface area contributed by atoms with Gasteiger partial charge < -0.3 is 14.8 Å². The SMILES string of the molecule is CCOC(=O)C1=C(Nc2ccc(F)cc2)C(=O)N(c2ccc(F)cc2)C1C(=O)OCC. The highest BCUT2D eigenvalue weighted by Gasteiger charge is 2.49. The lowest BCUT2D eigenvalue weighted by Crippen LogP contribution is -2.43. The molecule has 0 aliphatic carbocycles. The highest BCUT2D eigenvalue weighted by atomic mass is 19.1. The van der Waals surface area contributed by atoms with Gasteiger partial charge >= 0.3 is 11.9 Å². The van der Waals surface area contributed by atoms with E-state index in [1.54, 1.807) is 13.8 Å². The Morgan fingerprint density at radius 2 is 1.48 bits per heavy atom. The second kappa shape index (κ2) is 9.38. The number of hydrogen-bond acceptors (Lipinski definition) is 6. The van der Waals surface area contributed by atoms with Gasteiger partial charge in [0.2, 0.25) is 0 Å². The summed E-state index contributed by atoms with van der Waals surface area (Å²) in [5.74, 6) is -3.48. The third kappa shape index (κ3) is 4.55. The zero-order valence-corrected chi connectivity index (χ0v) is 16.9. The molecule has 9 heteroatoms. The number of carbonyl (C=O) groups excluding carboxylic acids is 3. The van der Waals surface area contributed by atoms with Crippen LogP contribution in [0, 0.1) is 11.6 Å². The fourth-order valence-corrected chi connectivity index (χ4v) is 3.15. The van der Waals surface area contributed by atoms with Gasteiger partial charge in [-0.25, -0.2) is 18.4 Å². The van der Waals surface area contributed by atoms with Crippen LogP contribution >= 0.6 is 0 Å². The van der Waals surface area contributed by atoms with Gasteiger partial charge in [0, 0.05) is 11.4 Å².